The summed E-state index contributed by atoms with van der Waals surface area (Å²) >= 11 is 6.70. The second-order valence-electron chi connectivity index (χ2n) is 6.42. The summed E-state index contributed by atoms with van der Waals surface area (Å²) in [7, 11) is 0. The minimum absolute atomic E-state index is 0.130. The summed E-state index contributed by atoms with van der Waals surface area (Å²) in [6, 6.07) is 9.90. The average molecular weight is 405 g/mol. The third kappa shape index (κ3) is 7.34. The highest BCUT2D eigenvalue weighted by molar-refractivity contribution is 8.00. The number of amides is 1. The van der Waals surface area contributed by atoms with E-state index in [1.54, 1.807) is 6.20 Å². The number of fused-ring (bicyclic) bond motifs is 1. The van der Waals surface area contributed by atoms with E-state index in [4.69, 9.17) is 12.2 Å². The maximum atomic E-state index is 12.1. The first-order valence-corrected chi connectivity index (χ1v) is 10.8. The summed E-state index contributed by atoms with van der Waals surface area (Å²) in [4.78, 5) is 17.5. The second-order valence-corrected chi connectivity index (χ2v) is 7.85. The van der Waals surface area contributed by atoms with E-state index in [1.165, 1.54) is 31.0 Å². The SMILES string of the molecule is CCCC[C@H](CC)CNC(=S)NNC(=O)CSc1cccc2cccnc12. The summed E-state index contributed by atoms with van der Waals surface area (Å²) < 4.78 is 0. The zero-order valence-electron chi connectivity index (χ0n) is 16.0. The highest BCUT2D eigenvalue weighted by Crippen LogP contribution is 2.25. The number of thioether (sulfide) groups is 1. The van der Waals surface area contributed by atoms with Crippen molar-refractivity contribution in [1.82, 2.24) is 21.2 Å². The lowest BCUT2D eigenvalue weighted by molar-refractivity contribution is -0.119. The van der Waals surface area contributed by atoms with Gasteiger partial charge in [-0.25, -0.2) is 0 Å². The molecule has 27 heavy (non-hydrogen) atoms. The Balaban J connectivity index is 1.72. The summed E-state index contributed by atoms with van der Waals surface area (Å²) in [6.45, 7) is 5.22. The zero-order chi connectivity index (χ0) is 19.5. The van der Waals surface area contributed by atoms with Gasteiger partial charge >= 0.3 is 0 Å². The number of pyridine rings is 1. The molecule has 0 spiro atoms. The van der Waals surface area contributed by atoms with Gasteiger partial charge < -0.3 is 5.32 Å². The Morgan fingerprint density at radius 3 is 2.81 bits per heavy atom. The Hall–Kier alpha value is -1.86. The molecule has 7 heteroatoms. The largest absolute Gasteiger partial charge is 0.361 e. The van der Waals surface area contributed by atoms with Crippen LogP contribution < -0.4 is 16.2 Å². The van der Waals surface area contributed by atoms with E-state index in [0.717, 1.165) is 28.8 Å². The molecule has 0 saturated carbocycles. The van der Waals surface area contributed by atoms with Crippen LogP contribution >= 0.6 is 24.0 Å². The number of unbranched alkanes of at least 4 members (excludes halogenated alkanes) is 1. The fourth-order valence-electron chi connectivity index (χ4n) is 2.72. The molecule has 2 rings (SSSR count). The van der Waals surface area contributed by atoms with Crippen molar-refractivity contribution >= 4 is 45.9 Å². The number of rotatable bonds is 9. The molecule has 0 aliphatic rings. The van der Waals surface area contributed by atoms with Crippen LogP contribution in [-0.4, -0.2) is 28.3 Å². The molecule has 0 bridgehead atoms. The van der Waals surface area contributed by atoms with Crippen molar-refractivity contribution in [3.63, 3.8) is 0 Å². The van der Waals surface area contributed by atoms with E-state index in [1.807, 2.05) is 30.3 Å². The molecule has 0 fully saturated rings. The first kappa shape index (κ1) is 21.4. The summed E-state index contributed by atoms with van der Waals surface area (Å²) in [5.74, 6) is 0.768. The van der Waals surface area contributed by atoms with Gasteiger partial charge in [0.05, 0.1) is 11.3 Å². The molecule has 1 aromatic carbocycles. The van der Waals surface area contributed by atoms with Crippen molar-refractivity contribution in [3.8, 4) is 0 Å². The molecule has 1 heterocycles. The van der Waals surface area contributed by atoms with Gasteiger partial charge in [0.15, 0.2) is 5.11 Å². The Bertz CT molecular complexity index is 748. The van der Waals surface area contributed by atoms with Crippen molar-refractivity contribution in [2.75, 3.05) is 12.3 Å². The van der Waals surface area contributed by atoms with Crippen molar-refractivity contribution in [1.29, 1.82) is 0 Å². The van der Waals surface area contributed by atoms with Crippen LogP contribution in [0, 0.1) is 5.92 Å². The molecule has 0 unspecified atom stereocenters. The van der Waals surface area contributed by atoms with E-state index >= 15 is 0 Å². The lowest BCUT2D eigenvalue weighted by Gasteiger charge is -2.17. The Kier molecular flexibility index (Phi) is 9.35. The predicted octanol–water partition coefficient (Wildman–Crippen LogP) is 4.04. The monoisotopic (exact) mass is 404 g/mol. The number of hydrogen-bond donors (Lipinski definition) is 3. The maximum Gasteiger partial charge on any atom is 0.248 e. The molecule has 146 valence electrons. The van der Waals surface area contributed by atoms with Crippen LogP contribution in [0.15, 0.2) is 41.4 Å². The van der Waals surface area contributed by atoms with E-state index in [0.29, 0.717) is 16.8 Å². The number of carbonyl (C=O) groups excluding carboxylic acids is 1. The first-order chi connectivity index (χ1) is 13.1. The van der Waals surface area contributed by atoms with Crippen LogP contribution in [0.3, 0.4) is 0 Å². The molecule has 0 saturated heterocycles. The lowest BCUT2D eigenvalue weighted by Crippen LogP contribution is -2.48. The van der Waals surface area contributed by atoms with Gasteiger partial charge in [0.25, 0.3) is 0 Å². The van der Waals surface area contributed by atoms with Gasteiger partial charge in [-0.05, 0) is 36.7 Å². The lowest BCUT2D eigenvalue weighted by atomic mass is 9.99. The number of hydrazine groups is 1. The number of nitrogens with zero attached hydrogens (tertiary/aromatic N) is 1. The molecular formula is C20H28N4OS2. The Morgan fingerprint density at radius 2 is 2.04 bits per heavy atom. The van der Waals surface area contributed by atoms with E-state index < -0.39 is 0 Å². The van der Waals surface area contributed by atoms with Crippen molar-refractivity contribution in [2.45, 2.75) is 44.4 Å². The van der Waals surface area contributed by atoms with Gasteiger partial charge in [-0.3, -0.25) is 20.6 Å². The fraction of sp³-hybridized carbons (Fsp3) is 0.450. The van der Waals surface area contributed by atoms with E-state index in [2.05, 4.69) is 35.0 Å². The predicted molar refractivity (Wildman–Crippen MR) is 118 cm³/mol. The van der Waals surface area contributed by atoms with Crippen molar-refractivity contribution in [2.24, 2.45) is 5.92 Å². The molecule has 5 nitrogen and oxygen atoms in total. The molecular weight excluding hydrogens is 376 g/mol. The minimum Gasteiger partial charge on any atom is -0.361 e. The summed E-state index contributed by atoms with van der Waals surface area (Å²) in [6.07, 6.45) is 6.53. The van der Waals surface area contributed by atoms with Gasteiger partial charge in [0.1, 0.15) is 0 Å². The van der Waals surface area contributed by atoms with Crippen LogP contribution in [0.2, 0.25) is 0 Å². The van der Waals surface area contributed by atoms with Gasteiger partial charge in [-0.2, -0.15) is 0 Å². The van der Waals surface area contributed by atoms with E-state index in [-0.39, 0.29) is 5.91 Å². The Morgan fingerprint density at radius 1 is 1.22 bits per heavy atom. The van der Waals surface area contributed by atoms with Gasteiger partial charge in [0, 0.05) is 23.0 Å². The van der Waals surface area contributed by atoms with Gasteiger partial charge in [0.2, 0.25) is 5.91 Å². The van der Waals surface area contributed by atoms with Crippen LogP contribution in [0.4, 0.5) is 0 Å². The number of nitrogens with one attached hydrogen (secondary N) is 3. The average Bonchev–Trinajstić information content (AvgIpc) is 2.70. The van der Waals surface area contributed by atoms with Crippen LogP contribution in [0.25, 0.3) is 10.9 Å². The maximum absolute atomic E-state index is 12.1. The third-order valence-electron chi connectivity index (χ3n) is 4.36. The number of carbonyl (C=O) groups is 1. The number of benzene rings is 1. The minimum atomic E-state index is -0.130. The first-order valence-electron chi connectivity index (χ1n) is 9.43. The summed E-state index contributed by atoms with van der Waals surface area (Å²) in [5, 5.41) is 4.71. The van der Waals surface area contributed by atoms with Gasteiger partial charge in [-0.1, -0.05) is 51.3 Å². The quantitative estimate of drug-likeness (QED) is 0.333. The molecule has 2 aromatic rings. The second kappa shape index (κ2) is 11.8. The standard InChI is InChI=1S/C20H28N4OS2/c1-3-5-8-15(4-2)13-22-20(26)24-23-18(25)14-27-17-11-6-9-16-10-7-12-21-19(16)17/h6-7,9-12,15H,3-5,8,13-14H2,1-2H3,(H,23,25)(H2,22,24,26)/t15-/m0/s1. The highest BCUT2D eigenvalue weighted by Gasteiger charge is 2.09. The number of aromatic nitrogens is 1. The molecule has 0 radical (unpaired) electrons. The molecule has 0 aliphatic carbocycles. The van der Waals surface area contributed by atoms with Gasteiger partial charge in [-0.15, -0.1) is 11.8 Å². The van der Waals surface area contributed by atoms with Crippen molar-refractivity contribution in [3.05, 3.63) is 36.5 Å². The number of hydrogen-bond acceptors (Lipinski definition) is 4. The zero-order valence-corrected chi connectivity index (χ0v) is 17.6. The molecule has 1 amide bonds. The third-order valence-corrected chi connectivity index (χ3v) is 5.66. The Labute approximate surface area is 171 Å². The number of thiocarbonyl (C=S) groups is 1. The molecule has 3 N–H and O–H groups in total. The highest BCUT2D eigenvalue weighted by atomic mass is 32.2. The molecule has 1 atom stereocenters. The van der Waals surface area contributed by atoms with Crippen LogP contribution in [-0.2, 0) is 4.79 Å². The number of para-hydroxylation sites is 1. The van der Waals surface area contributed by atoms with E-state index in [9.17, 15) is 4.79 Å². The fourth-order valence-corrected chi connectivity index (χ4v) is 3.70. The summed E-state index contributed by atoms with van der Waals surface area (Å²) in [5.41, 5.74) is 6.35. The van der Waals surface area contributed by atoms with Crippen LogP contribution in [0.5, 0.6) is 0 Å². The topological polar surface area (TPSA) is 66.0 Å². The molecule has 0 aliphatic heterocycles. The van der Waals surface area contributed by atoms with Crippen molar-refractivity contribution < 1.29 is 4.79 Å². The van der Waals surface area contributed by atoms with Crippen LogP contribution in [0.1, 0.15) is 39.5 Å². The normalized spacial score (nSPS) is 11.8. The molecule has 1 aromatic heterocycles. The smallest absolute Gasteiger partial charge is 0.248 e.